The average molecular weight is 470 g/mol. The normalized spacial score (nSPS) is 19.9. The smallest absolute Gasteiger partial charge is 0.270 e. The van der Waals surface area contributed by atoms with Crippen molar-refractivity contribution >= 4 is 18.3 Å². The number of aromatic nitrogens is 3. The minimum absolute atomic E-state index is 0. The Hall–Kier alpha value is -2.78. The molecule has 1 aromatic carbocycles. The van der Waals surface area contributed by atoms with Crippen LogP contribution in [0.2, 0.25) is 0 Å². The number of halogens is 1. The lowest BCUT2D eigenvalue weighted by atomic mass is 9.94. The Morgan fingerprint density at radius 3 is 2.91 bits per heavy atom. The molecule has 0 aliphatic carbocycles. The number of aliphatic hydroxyl groups is 1. The van der Waals surface area contributed by atoms with Gasteiger partial charge in [0.15, 0.2) is 0 Å². The fourth-order valence-corrected chi connectivity index (χ4v) is 4.37. The van der Waals surface area contributed by atoms with Gasteiger partial charge < -0.3 is 20.5 Å². The fraction of sp³-hybridized carbons (Fsp3) is 0.375. The minimum atomic E-state index is -0.695. The molecule has 33 heavy (non-hydrogen) atoms. The maximum absolute atomic E-state index is 13.0. The molecule has 3 N–H and O–H groups in total. The molecule has 2 aliphatic heterocycles. The second-order valence-electron chi connectivity index (χ2n) is 8.32. The summed E-state index contributed by atoms with van der Waals surface area (Å²) >= 11 is 0. The van der Waals surface area contributed by atoms with Crippen molar-refractivity contribution in [3.05, 3.63) is 76.9 Å². The van der Waals surface area contributed by atoms with Crippen molar-refractivity contribution in [3.63, 3.8) is 0 Å². The number of amides is 1. The van der Waals surface area contributed by atoms with Crippen molar-refractivity contribution in [2.75, 3.05) is 19.8 Å². The van der Waals surface area contributed by atoms with E-state index in [0.29, 0.717) is 25.3 Å². The van der Waals surface area contributed by atoms with Crippen LogP contribution >= 0.6 is 12.4 Å². The van der Waals surface area contributed by atoms with Crippen LogP contribution in [0, 0.1) is 0 Å². The van der Waals surface area contributed by atoms with E-state index in [1.807, 2.05) is 23.0 Å². The Morgan fingerprint density at radius 2 is 2.15 bits per heavy atom. The highest BCUT2D eigenvalue weighted by Crippen LogP contribution is 2.23. The molecule has 2 atom stereocenters. The number of rotatable bonds is 5. The summed E-state index contributed by atoms with van der Waals surface area (Å²) < 4.78 is 7.09. The van der Waals surface area contributed by atoms with Crippen LogP contribution in [-0.4, -0.2) is 57.7 Å². The number of pyridine rings is 1. The number of carbonyl (C=O) groups is 1. The van der Waals surface area contributed by atoms with Gasteiger partial charge in [-0.05, 0) is 66.8 Å². The summed E-state index contributed by atoms with van der Waals surface area (Å²) in [6, 6.07) is 11.8. The van der Waals surface area contributed by atoms with Gasteiger partial charge in [-0.1, -0.05) is 12.1 Å². The predicted octanol–water partition coefficient (Wildman–Crippen LogP) is 1.81. The van der Waals surface area contributed by atoms with Gasteiger partial charge in [0.25, 0.3) is 5.91 Å². The van der Waals surface area contributed by atoms with E-state index in [4.69, 9.17) is 4.74 Å². The quantitative estimate of drug-likeness (QED) is 0.527. The molecule has 174 valence electrons. The van der Waals surface area contributed by atoms with Crippen molar-refractivity contribution in [1.82, 2.24) is 25.4 Å². The molecule has 0 bridgehead atoms. The largest absolute Gasteiger partial charge is 0.389 e. The first-order valence-corrected chi connectivity index (χ1v) is 11.1. The van der Waals surface area contributed by atoms with E-state index >= 15 is 0 Å². The number of carbonyl (C=O) groups excluding carboxylic acids is 1. The zero-order chi connectivity index (χ0) is 21.9. The SMILES string of the molecule is Cl.O=C(N[C@H]1CCOC[C@H]1O)c1cc(Cc2ccc(-n3cccn3)cc2)c2c(n1)CNCC2. The lowest BCUT2D eigenvalue weighted by Gasteiger charge is -2.28. The summed E-state index contributed by atoms with van der Waals surface area (Å²) in [7, 11) is 0. The molecule has 3 aromatic rings. The molecule has 9 heteroatoms. The van der Waals surface area contributed by atoms with E-state index in [2.05, 4.69) is 45.0 Å². The number of nitrogens with one attached hydrogen (secondary N) is 2. The van der Waals surface area contributed by atoms with E-state index in [1.54, 1.807) is 6.20 Å². The minimum Gasteiger partial charge on any atom is -0.389 e. The van der Waals surface area contributed by atoms with Crippen LogP contribution in [-0.2, 0) is 24.1 Å². The lowest BCUT2D eigenvalue weighted by Crippen LogP contribution is -2.49. The first-order valence-electron chi connectivity index (χ1n) is 11.1. The van der Waals surface area contributed by atoms with Gasteiger partial charge in [0.05, 0.1) is 30.1 Å². The van der Waals surface area contributed by atoms with Crippen molar-refractivity contribution < 1.29 is 14.6 Å². The Balaban J connectivity index is 0.00000259. The van der Waals surface area contributed by atoms with E-state index in [-0.39, 0.29) is 31.0 Å². The zero-order valence-corrected chi connectivity index (χ0v) is 19.1. The first kappa shape index (κ1) is 23.4. The summed E-state index contributed by atoms with van der Waals surface area (Å²) in [5.41, 5.74) is 5.85. The summed E-state index contributed by atoms with van der Waals surface area (Å²) in [5, 5.41) is 20.7. The Bertz CT molecular complexity index is 1090. The molecule has 5 rings (SSSR count). The molecule has 2 aliphatic rings. The van der Waals surface area contributed by atoms with E-state index < -0.39 is 6.10 Å². The third-order valence-corrected chi connectivity index (χ3v) is 6.12. The maximum atomic E-state index is 13.0. The second-order valence-corrected chi connectivity index (χ2v) is 8.32. The first-order chi connectivity index (χ1) is 15.7. The monoisotopic (exact) mass is 469 g/mol. The van der Waals surface area contributed by atoms with Gasteiger partial charge in [0.1, 0.15) is 5.69 Å². The molecule has 0 unspecified atom stereocenters. The standard InChI is InChI=1S/C24H27N5O3.ClH/c30-23-15-32-11-7-20(23)28-24(31)21-13-17(19-6-9-25-14-22(19)27-21)12-16-2-4-18(5-3-16)29-10-1-8-26-29;/h1-5,8,10,13,20,23,25,30H,6-7,9,11-12,14-15H2,(H,28,31);1H/t20-,23+;/m0./s1. The Morgan fingerprint density at radius 1 is 1.30 bits per heavy atom. The van der Waals surface area contributed by atoms with Crippen LogP contribution in [0.25, 0.3) is 5.69 Å². The molecule has 1 saturated heterocycles. The number of ether oxygens (including phenoxy) is 1. The van der Waals surface area contributed by atoms with Gasteiger partial charge in [0.2, 0.25) is 0 Å². The van der Waals surface area contributed by atoms with Crippen LogP contribution in [0.1, 0.15) is 39.3 Å². The second kappa shape index (κ2) is 10.4. The molecular formula is C24H28ClN5O3. The number of hydrogen-bond donors (Lipinski definition) is 3. The number of hydrogen-bond acceptors (Lipinski definition) is 6. The number of aliphatic hydroxyl groups excluding tert-OH is 1. The molecule has 0 saturated carbocycles. The van der Waals surface area contributed by atoms with Gasteiger partial charge in [-0.3, -0.25) is 4.79 Å². The molecule has 0 spiro atoms. The Labute approximate surface area is 198 Å². The number of fused-ring (bicyclic) bond motifs is 1. The number of benzene rings is 1. The van der Waals surface area contributed by atoms with Gasteiger partial charge in [-0.2, -0.15) is 5.10 Å². The van der Waals surface area contributed by atoms with Crippen LogP contribution in [0.4, 0.5) is 0 Å². The highest BCUT2D eigenvalue weighted by atomic mass is 35.5. The lowest BCUT2D eigenvalue weighted by molar-refractivity contribution is -0.0261. The highest BCUT2D eigenvalue weighted by molar-refractivity contribution is 5.93. The molecule has 0 radical (unpaired) electrons. The van der Waals surface area contributed by atoms with E-state index in [1.165, 1.54) is 11.1 Å². The summed E-state index contributed by atoms with van der Waals surface area (Å²) in [5.74, 6) is -0.250. The average Bonchev–Trinajstić information content (AvgIpc) is 3.36. The third kappa shape index (κ3) is 5.25. The summed E-state index contributed by atoms with van der Waals surface area (Å²) in [6.45, 7) is 2.33. The third-order valence-electron chi connectivity index (χ3n) is 6.12. The van der Waals surface area contributed by atoms with E-state index in [9.17, 15) is 9.90 Å². The van der Waals surface area contributed by atoms with Gasteiger partial charge in [-0.25, -0.2) is 9.67 Å². The predicted molar refractivity (Wildman–Crippen MR) is 126 cm³/mol. The molecule has 4 heterocycles. The topological polar surface area (TPSA) is 101 Å². The van der Waals surface area contributed by atoms with Crippen molar-refractivity contribution in [3.8, 4) is 5.69 Å². The highest BCUT2D eigenvalue weighted by Gasteiger charge is 2.27. The summed E-state index contributed by atoms with van der Waals surface area (Å²) in [4.78, 5) is 17.6. The van der Waals surface area contributed by atoms with Crippen LogP contribution in [0.3, 0.4) is 0 Å². The molecule has 2 aromatic heterocycles. The maximum Gasteiger partial charge on any atom is 0.270 e. The van der Waals surface area contributed by atoms with Crippen LogP contribution in [0.15, 0.2) is 48.8 Å². The van der Waals surface area contributed by atoms with Gasteiger partial charge in [-0.15, -0.1) is 12.4 Å². The zero-order valence-electron chi connectivity index (χ0n) is 18.2. The van der Waals surface area contributed by atoms with Gasteiger partial charge >= 0.3 is 0 Å². The van der Waals surface area contributed by atoms with Crippen molar-refractivity contribution in [1.29, 1.82) is 0 Å². The number of nitrogens with zero attached hydrogens (tertiary/aromatic N) is 3. The Kier molecular flexibility index (Phi) is 7.39. The van der Waals surface area contributed by atoms with E-state index in [0.717, 1.165) is 36.3 Å². The molecule has 1 amide bonds. The van der Waals surface area contributed by atoms with Crippen molar-refractivity contribution in [2.24, 2.45) is 0 Å². The van der Waals surface area contributed by atoms with Crippen LogP contribution in [0.5, 0.6) is 0 Å². The molecule has 8 nitrogen and oxygen atoms in total. The summed E-state index contributed by atoms with van der Waals surface area (Å²) in [6.07, 6.45) is 5.20. The van der Waals surface area contributed by atoms with Crippen LogP contribution < -0.4 is 10.6 Å². The van der Waals surface area contributed by atoms with Gasteiger partial charge in [0, 0.05) is 25.5 Å². The molecular weight excluding hydrogens is 442 g/mol. The fourth-order valence-electron chi connectivity index (χ4n) is 4.37. The van der Waals surface area contributed by atoms with Crippen molar-refractivity contribution in [2.45, 2.75) is 38.0 Å². The molecule has 1 fully saturated rings.